The number of urea groups is 1. The molecule has 2 aromatic rings. The zero-order valence-corrected chi connectivity index (χ0v) is 12.7. The highest BCUT2D eigenvalue weighted by molar-refractivity contribution is 7.99. The van der Waals surface area contributed by atoms with Gasteiger partial charge in [0.05, 0.1) is 17.9 Å². The lowest BCUT2D eigenvalue weighted by Crippen LogP contribution is -2.34. The standard InChI is InChI=1S/C15H18N4OS/c1-2-19-10-11(9-16-19)17-15(20)18-13-7-8-21-14-6-4-3-5-12(13)14/h3-6,9-10,13H,2,7-8H2,1H3,(H2,17,18,20)/t13-/m0/s1. The van der Waals surface area contributed by atoms with Crippen LogP contribution >= 0.6 is 11.8 Å². The summed E-state index contributed by atoms with van der Waals surface area (Å²) in [4.78, 5) is 13.4. The SMILES string of the molecule is CCn1cc(NC(=O)N[C@H]2CCSc3ccccc32)cn1. The molecule has 0 unspecified atom stereocenters. The molecule has 0 spiro atoms. The predicted molar refractivity (Wildman–Crippen MR) is 84.6 cm³/mol. The van der Waals surface area contributed by atoms with Gasteiger partial charge in [-0.05, 0) is 25.0 Å². The normalized spacial score (nSPS) is 17.1. The molecular formula is C15H18N4OS. The van der Waals surface area contributed by atoms with E-state index < -0.39 is 0 Å². The van der Waals surface area contributed by atoms with Gasteiger partial charge < -0.3 is 10.6 Å². The highest BCUT2D eigenvalue weighted by Gasteiger charge is 2.21. The number of amides is 2. The van der Waals surface area contributed by atoms with E-state index in [1.807, 2.05) is 37.0 Å². The minimum atomic E-state index is -0.183. The molecule has 5 nitrogen and oxygen atoms in total. The maximum Gasteiger partial charge on any atom is 0.319 e. The number of benzene rings is 1. The lowest BCUT2D eigenvalue weighted by molar-refractivity contribution is 0.248. The van der Waals surface area contributed by atoms with E-state index in [-0.39, 0.29) is 12.1 Å². The molecular weight excluding hydrogens is 284 g/mol. The summed E-state index contributed by atoms with van der Waals surface area (Å²) in [5, 5.41) is 10.0. The Morgan fingerprint density at radius 2 is 2.33 bits per heavy atom. The molecule has 0 radical (unpaired) electrons. The van der Waals surface area contributed by atoms with E-state index in [2.05, 4.69) is 27.9 Å². The van der Waals surface area contributed by atoms with Crippen molar-refractivity contribution < 1.29 is 4.79 Å². The number of hydrogen-bond acceptors (Lipinski definition) is 3. The molecule has 21 heavy (non-hydrogen) atoms. The van der Waals surface area contributed by atoms with Crippen LogP contribution in [0.2, 0.25) is 0 Å². The van der Waals surface area contributed by atoms with Gasteiger partial charge in [-0.1, -0.05) is 18.2 Å². The van der Waals surface area contributed by atoms with Gasteiger partial charge in [-0.3, -0.25) is 4.68 Å². The van der Waals surface area contributed by atoms with Crippen LogP contribution in [0.25, 0.3) is 0 Å². The fourth-order valence-electron chi connectivity index (χ4n) is 2.42. The molecule has 1 aromatic carbocycles. The molecule has 2 amide bonds. The van der Waals surface area contributed by atoms with Gasteiger partial charge in [-0.25, -0.2) is 4.79 Å². The van der Waals surface area contributed by atoms with Gasteiger partial charge in [-0.2, -0.15) is 5.10 Å². The molecule has 3 rings (SSSR count). The van der Waals surface area contributed by atoms with Crippen molar-refractivity contribution in [1.82, 2.24) is 15.1 Å². The lowest BCUT2D eigenvalue weighted by atomic mass is 10.0. The third-order valence-electron chi connectivity index (χ3n) is 3.48. The third-order valence-corrected chi connectivity index (χ3v) is 4.60. The van der Waals surface area contributed by atoms with Crippen LogP contribution in [0.15, 0.2) is 41.6 Å². The summed E-state index contributed by atoms with van der Waals surface area (Å²) in [6.07, 6.45) is 4.43. The van der Waals surface area contributed by atoms with E-state index in [1.54, 1.807) is 10.9 Å². The minimum absolute atomic E-state index is 0.0728. The first kappa shape index (κ1) is 14.0. The minimum Gasteiger partial charge on any atom is -0.331 e. The maximum atomic E-state index is 12.1. The Bertz CT molecular complexity index is 640. The molecule has 0 saturated carbocycles. The molecule has 1 atom stereocenters. The second-order valence-electron chi connectivity index (χ2n) is 4.91. The zero-order valence-electron chi connectivity index (χ0n) is 11.9. The molecule has 1 aromatic heterocycles. The van der Waals surface area contributed by atoms with Crippen molar-refractivity contribution in [3.63, 3.8) is 0 Å². The number of carbonyl (C=O) groups is 1. The largest absolute Gasteiger partial charge is 0.331 e. The fraction of sp³-hybridized carbons (Fsp3) is 0.333. The Morgan fingerprint density at radius 3 is 3.14 bits per heavy atom. The van der Waals surface area contributed by atoms with Gasteiger partial charge in [0.1, 0.15) is 0 Å². The van der Waals surface area contributed by atoms with Crippen molar-refractivity contribution in [2.45, 2.75) is 30.8 Å². The Labute approximate surface area is 128 Å². The Balaban J connectivity index is 1.65. The van der Waals surface area contributed by atoms with Gasteiger partial charge in [0.15, 0.2) is 0 Å². The van der Waals surface area contributed by atoms with Crippen LogP contribution < -0.4 is 10.6 Å². The van der Waals surface area contributed by atoms with Gasteiger partial charge in [0.2, 0.25) is 0 Å². The summed E-state index contributed by atoms with van der Waals surface area (Å²) in [5.41, 5.74) is 1.92. The summed E-state index contributed by atoms with van der Waals surface area (Å²) in [7, 11) is 0. The Morgan fingerprint density at radius 1 is 1.48 bits per heavy atom. The number of anilines is 1. The first-order valence-electron chi connectivity index (χ1n) is 7.08. The highest BCUT2D eigenvalue weighted by Crippen LogP contribution is 2.35. The number of aryl methyl sites for hydroxylation is 1. The number of fused-ring (bicyclic) bond motifs is 1. The third kappa shape index (κ3) is 3.21. The second-order valence-corrected chi connectivity index (χ2v) is 6.05. The molecule has 0 aliphatic carbocycles. The number of hydrogen-bond donors (Lipinski definition) is 2. The van der Waals surface area contributed by atoms with Crippen molar-refractivity contribution in [3.05, 3.63) is 42.2 Å². The van der Waals surface area contributed by atoms with Crippen LogP contribution in [0.1, 0.15) is 24.9 Å². The Hall–Kier alpha value is -1.95. The topological polar surface area (TPSA) is 59.0 Å². The number of aromatic nitrogens is 2. The number of thioether (sulfide) groups is 1. The molecule has 2 N–H and O–H groups in total. The van der Waals surface area contributed by atoms with E-state index in [4.69, 9.17) is 0 Å². The van der Waals surface area contributed by atoms with Crippen molar-refractivity contribution in [1.29, 1.82) is 0 Å². The fourth-order valence-corrected chi connectivity index (χ4v) is 3.54. The molecule has 6 heteroatoms. The van der Waals surface area contributed by atoms with Gasteiger partial charge in [-0.15, -0.1) is 11.8 Å². The first-order valence-corrected chi connectivity index (χ1v) is 8.06. The summed E-state index contributed by atoms with van der Waals surface area (Å²) in [6, 6.07) is 8.13. The summed E-state index contributed by atoms with van der Waals surface area (Å²) >= 11 is 1.84. The average Bonchev–Trinajstić information content (AvgIpc) is 2.95. The summed E-state index contributed by atoms with van der Waals surface area (Å²) < 4.78 is 1.78. The zero-order chi connectivity index (χ0) is 14.7. The number of rotatable bonds is 3. The van der Waals surface area contributed by atoms with E-state index >= 15 is 0 Å². The second kappa shape index (κ2) is 6.22. The number of carbonyl (C=O) groups excluding carboxylic acids is 1. The van der Waals surface area contributed by atoms with Crippen LogP contribution in [0.4, 0.5) is 10.5 Å². The van der Waals surface area contributed by atoms with E-state index in [1.165, 1.54) is 10.5 Å². The lowest BCUT2D eigenvalue weighted by Gasteiger charge is -2.25. The van der Waals surface area contributed by atoms with Crippen molar-refractivity contribution in [3.8, 4) is 0 Å². The van der Waals surface area contributed by atoms with Gasteiger partial charge in [0.25, 0.3) is 0 Å². The molecule has 0 saturated heterocycles. The van der Waals surface area contributed by atoms with Gasteiger partial charge in [0, 0.05) is 23.4 Å². The monoisotopic (exact) mass is 302 g/mol. The summed E-state index contributed by atoms with van der Waals surface area (Å²) in [5.74, 6) is 1.02. The average molecular weight is 302 g/mol. The van der Waals surface area contributed by atoms with Crippen LogP contribution in [-0.4, -0.2) is 21.6 Å². The van der Waals surface area contributed by atoms with E-state index in [0.29, 0.717) is 5.69 Å². The number of nitrogens with one attached hydrogen (secondary N) is 2. The first-order chi connectivity index (χ1) is 10.3. The molecule has 110 valence electrons. The highest BCUT2D eigenvalue weighted by atomic mass is 32.2. The number of nitrogens with zero attached hydrogens (tertiary/aromatic N) is 2. The van der Waals surface area contributed by atoms with Crippen LogP contribution in [0.5, 0.6) is 0 Å². The molecule has 0 fully saturated rings. The predicted octanol–water partition coefficient (Wildman–Crippen LogP) is 3.26. The van der Waals surface area contributed by atoms with Crippen LogP contribution in [-0.2, 0) is 6.54 Å². The van der Waals surface area contributed by atoms with Gasteiger partial charge >= 0.3 is 6.03 Å². The molecule has 2 heterocycles. The molecule has 1 aliphatic rings. The maximum absolute atomic E-state index is 12.1. The summed E-state index contributed by atoms with van der Waals surface area (Å²) in [6.45, 7) is 2.80. The molecule has 0 bridgehead atoms. The van der Waals surface area contributed by atoms with E-state index in [9.17, 15) is 4.79 Å². The quantitative estimate of drug-likeness (QED) is 0.915. The molecule has 1 aliphatic heterocycles. The smallest absolute Gasteiger partial charge is 0.319 e. The van der Waals surface area contributed by atoms with Crippen molar-refractivity contribution >= 4 is 23.5 Å². The van der Waals surface area contributed by atoms with Crippen molar-refractivity contribution in [2.75, 3.05) is 11.1 Å². The van der Waals surface area contributed by atoms with Crippen molar-refractivity contribution in [2.24, 2.45) is 0 Å². The van der Waals surface area contributed by atoms with Crippen LogP contribution in [0, 0.1) is 0 Å². The Kier molecular flexibility index (Phi) is 4.15. The van der Waals surface area contributed by atoms with E-state index in [0.717, 1.165) is 18.7 Å². The van der Waals surface area contributed by atoms with Crippen LogP contribution in [0.3, 0.4) is 0 Å².